The molecule has 0 radical (unpaired) electrons. The predicted octanol–water partition coefficient (Wildman–Crippen LogP) is 5.02. The number of benzene rings is 2. The quantitative estimate of drug-likeness (QED) is 0.336. The third kappa shape index (κ3) is 6.65. The van der Waals surface area contributed by atoms with Crippen molar-refractivity contribution in [1.29, 1.82) is 0 Å². The average Bonchev–Trinajstić information content (AvgIpc) is 3.66. The highest BCUT2D eigenvalue weighted by Crippen LogP contribution is 2.31. The summed E-state index contributed by atoms with van der Waals surface area (Å²) in [7, 11) is 0. The number of hydrogen-bond acceptors (Lipinski definition) is 6. The van der Waals surface area contributed by atoms with E-state index in [1.54, 1.807) is 16.8 Å². The number of aryl methyl sites for hydroxylation is 1. The third-order valence-corrected chi connectivity index (χ3v) is 9.51. The number of hydrogen-bond donors (Lipinski definition) is 0. The molecule has 8 heteroatoms. The zero-order chi connectivity index (χ0) is 29.1. The molecule has 4 heterocycles. The van der Waals surface area contributed by atoms with Crippen LogP contribution in [0.25, 0.3) is 5.69 Å². The number of carbonyl (C=O) groups excluding carboxylic acids is 2. The SMILES string of the molecule is Cc1cc(C(=O)CN2CCCC(C3CCCN(CC(=O)C4CCN(c5ccccc5)C4)C3)C2)nn1-c1ccc(F)cc1. The summed E-state index contributed by atoms with van der Waals surface area (Å²) < 4.78 is 15.1. The number of ketones is 2. The molecule has 222 valence electrons. The Balaban J connectivity index is 1.00. The van der Waals surface area contributed by atoms with Gasteiger partial charge < -0.3 is 4.90 Å². The van der Waals surface area contributed by atoms with Crippen LogP contribution in [-0.4, -0.2) is 83.5 Å². The highest BCUT2D eigenvalue weighted by molar-refractivity contribution is 5.96. The van der Waals surface area contributed by atoms with Crippen molar-refractivity contribution in [2.45, 2.75) is 39.0 Å². The van der Waals surface area contributed by atoms with Crippen molar-refractivity contribution in [3.05, 3.63) is 77.9 Å². The van der Waals surface area contributed by atoms with E-state index >= 15 is 0 Å². The molecule has 0 amide bonds. The van der Waals surface area contributed by atoms with E-state index in [0.29, 0.717) is 36.4 Å². The van der Waals surface area contributed by atoms with E-state index in [1.165, 1.54) is 30.7 Å². The van der Waals surface area contributed by atoms with E-state index in [-0.39, 0.29) is 17.5 Å². The largest absolute Gasteiger partial charge is 0.371 e. The third-order valence-electron chi connectivity index (χ3n) is 9.51. The zero-order valence-electron chi connectivity index (χ0n) is 24.6. The maximum atomic E-state index is 13.4. The Hall–Kier alpha value is -3.36. The molecule has 3 aliphatic heterocycles. The Morgan fingerprint density at radius 1 is 0.810 bits per heavy atom. The minimum absolute atomic E-state index is 0.0246. The molecular formula is C34H42FN5O2. The van der Waals surface area contributed by atoms with Crippen molar-refractivity contribution in [2.24, 2.45) is 17.8 Å². The van der Waals surface area contributed by atoms with Crippen molar-refractivity contribution in [1.82, 2.24) is 19.6 Å². The van der Waals surface area contributed by atoms with Crippen LogP contribution in [-0.2, 0) is 4.79 Å². The number of carbonyl (C=O) groups is 2. The number of anilines is 1. The second-order valence-electron chi connectivity index (χ2n) is 12.5. The maximum absolute atomic E-state index is 13.4. The van der Waals surface area contributed by atoms with E-state index in [2.05, 4.69) is 44.1 Å². The minimum Gasteiger partial charge on any atom is -0.371 e. The summed E-state index contributed by atoms with van der Waals surface area (Å²) in [6.07, 6.45) is 5.55. The maximum Gasteiger partial charge on any atom is 0.196 e. The number of piperidine rings is 2. The Bertz CT molecular complexity index is 1370. The molecule has 0 N–H and O–H groups in total. The van der Waals surface area contributed by atoms with Crippen LogP contribution in [0.15, 0.2) is 60.7 Å². The first kappa shape index (κ1) is 28.7. The number of halogens is 1. The van der Waals surface area contributed by atoms with Crippen LogP contribution in [0.1, 0.15) is 48.3 Å². The monoisotopic (exact) mass is 571 g/mol. The molecule has 2 aromatic carbocycles. The Morgan fingerprint density at radius 3 is 2.17 bits per heavy atom. The summed E-state index contributed by atoms with van der Waals surface area (Å²) in [6.45, 7) is 8.45. The fourth-order valence-corrected chi connectivity index (χ4v) is 7.22. The highest BCUT2D eigenvalue weighted by Gasteiger charge is 2.34. The number of rotatable bonds is 9. The van der Waals surface area contributed by atoms with Gasteiger partial charge in [-0.25, -0.2) is 9.07 Å². The first-order valence-corrected chi connectivity index (χ1v) is 15.6. The van der Waals surface area contributed by atoms with Gasteiger partial charge in [-0.05, 0) is 106 Å². The lowest BCUT2D eigenvalue weighted by Gasteiger charge is -2.41. The minimum atomic E-state index is -0.295. The normalized spacial score (nSPS) is 23.8. The standard InChI is InChI=1S/C34H42FN5O2/c1-25-19-32(36-40(25)31-13-11-29(35)12-14-31)34(42)24-38-17-6-8-27(21-38)26-7-5-16-37(20-26)23-33(41)28-15-18-39(22-28)30-9-3-2-4-10-30/h2-4,9-14,19,26-28H,5-8,15-18,20-24H2,1H3. The van der Waals surface area contributed by atoms with Crippen LogP contribution in [0, 0.1) is 30.5 Å². The molecule has 3 saturated heterocycles. The van der Waals surface area contributed by atoms with Crippen molar-refractivity contribution >= 4 is 17.3 Å². The smallest absolute Gasteiger partial charge is 0.196 e. The van der Waals surface area contributed by atoms with Crippen LogP contribution < -0.4 is 4.90 Å². The molecule has 0 spiro atoms. The number of likely N-dealkylation sites (tertiary alicyclic amines) is 2. The summed E-state index contributed by atoms with van der Waals surface area (Å²) in [5.74, 6) is 1.35. The van der Waals surface area contributed by atoms with Gasteiger partial charge in [0.1, 0.15) is 11.5 Å². The van der Waals surface area contributed by atoms with E-state index in [0.717, 1.165) is 69.9 Å². The molecule has 3 aliphatic rings. The molecule has 42 heavy (non-hydrogen) atoms. The van der Waals surface area contributed by atoms with Crippen LogP contribution in [0.3, 0.4) is 0 Å². The number of nitrogens with zero attached hydrogens (tertiary/aromatic N) is 5. The Labute approximate surface area is 248 Å². The summed E-state index contributed by atoms with van der Waals surface area (Å²) in [4.78, 5) is 33.5. The van der Waals surface area contributed by atoms with E-state index in [1.807, 2.05) is 19.1 Å². The van der Waals surface area contributed by atoms with Crippen LogP contribution in [0.4, 0.5) is 10.1 Å². The molecule has 3 fully saturated rings. The number of para-hydroxylation sites is 1. The average molecular weight is 572 g/mol. The lowest BCUT2D eigenvalue weighted by Crippen LogP contribution is -2.47. The van der Waals surface area contributed by atoms with Gasteiger partial charge in [-0.15, -0.1) is 0 Å². The van der Waals surface area contributed by atoms with Crippen LogP contribution in [0.2, 0.25) is 0 Å². The molecule has 0 saturated carbocycles. The molecule has 3 atom stereocenters. The summed E-state index contributed by atoms with van der Waals surface area (Å²) >= 11 is 0. The van der Waals surface area contributed by atoms with Gasteiger partial charge in [-0.2, -0.15) is 5.10 Å². The van der Waals surface area contributed by atoms with Gasteiger partial charge in [0.2, 0.25) is 0 Å². The second kappa shape index (κ2) is 12.9. The van der Waals surface area contributed by atoms with E-state index < -0.39 is 0 Å². The molecule has 1 aromatic heterocycles. The van der Waals surface area contributed by atoms with Gasteiger partial charge in [-0.3, -0.25) is 19.4 Å². The van der Waals surface area contributed by atoms with Gasteiger partial charge in [-0.1, -0.05) is 18.2 Å². The molecule has 3 unspecified atom stereocenters. The number of Topliss-reactive ketones (excluding diaryl/α,β-unsaturated/α-hetero) is 2. The van der Waals surface area contributed by atoms with Crippen LogP contribution >= 0.6 is 0 Å². The predicted molar refractivity (Wildman–Crippen MR) is 163 cm³/mol. The lowest BCUT2D eigenvalue weighted by atomic mass is 9.80. The topological polar surface area (TPSA) is 61.7 Å². The van der Waals surface area contributed by atoms with E-state index in [9.17, 15) is 14.0 Å². The molecule has 6 rings (SSSR count). The van der Waals surface area contributed by atoms with Crippen molar-refractivity contribution in [2.75, 3.05) is 57.3 Å². The first-order chi connectivity index (χ1) is 20.4. The lowest BCUT2D eigenvalue weighted by molar-refractivity contribution is -0.124. The molecular weight excluding hydrogens is 529 g/mol. The van der Waals surface area contributed by atoms with Crippen LogP contribution in [0.5, 0.6) is 0 Å². The molecule has 7 nitrogen and oxygen atoms in total. The van der Waals surface area contributed by atoms with Crippen molar-refractivity contribution < 1.29 is 14.0 Å². The summed E-state index contributed by atoms with van der Waals surface area (Å²) in [6, 6.07) is 18.4. The molecule has 0 bridgehead atoms. The van der Waals surface area contributed by atoms with Gasteiger partial charge in [0, 0.05) is 43.5 Å². The van der Waals surface area contributed by atoms with Gasteiger partial charge in [0.05, 0.1) is 18.8 Å². The fraction of sp³-hybridized carbons (Fsp3) is 0.500. The summed E-state index contributed by atoms with van der Waals surface area (Å²) in [5, 5.41) is 4.55. The van der Waals surface area contributed by atoms with Gasteiger partial charge in [0.15, 0.2) is 11.6 Å². The number of aromatic nitrogens is 2. The van der Waals surface area contributed by atoms with Crippen molar-refractivity contribution in [3.8, 4) is 5.69 Å². The Kier molecular flexibility index (Phi) is 8.81. The first-order valence-electron chi connectivity index (χ1n) is 15.6. The Morgan fingerprint density at radius 2 is 1.48 bits per heavy atom. The second-order valence-corrected chi connectivity index (χ2v) is 12.5. The van der Waals surface area contributed by atoms with Gasteiger partial charge in [0.25, 0.3) is 0 Å². The van der Waals surface area contributed by atoms with Crippen molar-refractivity contribution in [3.63, 3.8) is 0 Å². The summed E-state index contributed by atoms with van der Waals surface area (Å²) in [5.41, 5.74) is 3.26. The highest BCUT2D eigenvalue weighted by atomic mass is 19.1. The zero-order valence-corrected chi connectivity index (χ0v) is 24.6. The van der Waals surface area contributed by atoms with Gasteiger partial charge >= 0.3 is 0 Å². The molecule has 3 aromatic rings. The van der Waals surface area contributed by atoms with E-state index in [4.69, 9.17) is 0 Å². The molecule has 0 aliphatic carbocycles. The fourth-order valence-electron chi connectivity index (χ4n) is 7.22.